The first-order valence-corrected chi connectivity index (χ1v) is 6.11. The Morgan fingerprint density at radius 1 is 1.56 bits per heavy atom. The van der Waals surface area contributed by atoms with Gasteiger partial charge in [0.15, 0.2) is 0 Å². The van der Waals surface area contributed by atoms with E-state index < -0.39 is 5.97 Å². The van der Waals surface area contributed by atoms with Gasteiger partial charge in [0.2, 0.25) is 0 Å². The first-order chi connectivity index (χ1) is 7.65. The maximum atomic E-state index is 10.6. The van der Waals surface area contributed by atoms with Crippen LogP contribution < -0.4 is 0 Å². The predicted octanol–water partition coefficient (Wildman–Crippen LogP) is 1.74. The van der Waals surface area contributed by atoms with Gasteiger partial charge in [-0.05, 0) is 32.7 Å². The Morgan fingerprint density at radius 2 is 2.31 bits per heavy atom. The number of hydrogen-bond donors (Lipinski definition) is 1. The van der Waals surface area contributed by atoms with Crippen molar-refractivity contribution >= 4 is 5.97 Å². The molecule has 1 aliphatic heterocycles. The predicted molar refractivity (Wildman–Crippen MR) is 62.6 cm³/mol. The fourth-order valence-corrected chi connectivity index (χ4v) is 2.54. The zero-order valence-corrected chi connectivity index (χ0v) is 10.3. The minimum absolute atomic E-state index is 0.279. The summed E-state index contributed by atoms with van der Waals surface area (Å²) in [6, 6.07) is 0.819. The largest absolute Gasteiger partial charge is 0.481 e. The smallest absolute Gasteiger partial charge is 0.303 e. The van der Waals surface area contributed by atoms with Crippen LogP contribution in [0.5, 0.6) is 0 Å². The highest BCUT2D eigenvalue weighted by atomic mass is 16.5. The van der Waals surface area contributed by atoms with Crippen LogP contribution in [0.15, 0.2) is 0 Å². The van der Waals surface area contributed by atoms with E-state index in [4.69, 9.17) is 9.84 Å². The number of rotatable bonds is 6. The molecular weight excluding hydrogens is 206 g/mol. The molecule has 0 aliphatic carbocycles. The number of ether oxygens (including phenoxy) is 1. The third-order valence-electron chi connectivity index (χ3n) is 3.34. The summed E-state index contributed by atoms with van der Waals surface area (Å²) < 4.78 is 5.17. The monoisotopic (exact) mass is 229 g/mol. The molecular formula is C12H23NO3. The molecule has 0 aromatic heterocycles. The molecule has 1 aliphatic rings. The van der Waals surface area contributed by atoms with E-state index in [0.29, 0.717) is 12.1 Å². The second-order valence-electron chi connectivity index (χ2n) is 4.62. The van der Waals surface area contributed by atoms with Crippen molar-refractivity contribution in [1.82, 2.24) is 4.90 Å². The Bertz CT molecular complexity index is 220. The average Bonchev–Trinajstić information content (AvgIpc) is 2.27. The van der Waals surface area contributed by atoms with Crippen molar-refractivity contribution in [3.8, 4) is 0 Å². The number of nitrogens with zero attached hydrogens (tertiary/aromatic N) is 1. The molecule has 1 heterocycles. The summed E-state index contributed by atoms with van der Waals surface area (Å²) in [7, 11) is 1.71. The molecule has 4 heteroatoms. The van der Waals surface area contributed by atoms with Gasteiger partial charge >= 0.3 is 5.97 Å². The average molecular weight is 229 g/mol. The second-order valence-corrected chi connectivity index (χ2v) is 4.62. The summed E-state index contributed by atoms with van der Waals surface area (Å²) in [6.45, 7) is 3.96. The molecule has 0 spiro atoms. The highest BCUT2D eigenvalue weighted by Crippen LogP contribution is 2.23. The van der Waals surface area contributed by atoms with E-state index in [0.717, 1.165) is 26.0 Å². The molecule has 1 saturated heterocycles. The Kier molecular flexibility index (Phi) is 5.77. The molecule has 1 fully saturated rings. The molecule has 4 nitrogen and oxygen atoms in total. The lowest BCUT2D eigenvalue weighted by Crippen LogP contribution is -2.47. The normalized spacial score (nSPS) is 24.2. The third-order valence-corrected chi connectivity index (χ3v) is 3.34. The van der Waals surface area contributed by atoms with E-state index in [1.165, 1.54) is 12.8 Å². The van der Waals surface area contributed by atoms with Gasteiger partial charge in [0, 0.05) is 25.6 Å². The summed E-state index contributed by atoms with van der Waals surface area (Å²) in [4.78, 5) is 13.0. The van der Waals surface area contributed by atoms with E-state index in [9.17, 15) is 4.79 Å². The van der Waals surface area contributed by atoms with Crippen molar-refractivity contribution in [2.45, 2.75) is 51.1 Å². The number of carbonyl (C=O) groups is 1. The second kappa shape index (κ2) is 6.86. The SMILES string of the molecule is COCC(C)N1CCCCC1CCC(=O)O. The number of carboxylic acid groups (broad SMARTS) is 1. The molecule has 0 amide bonds. The fourth-order valence-electron chi connectivity index (χ4n) is 2.54. The van der Waals surface area contributed by atoms with E-state index in [1.807, 2.05) is 0 Å². The van der Waals surface area contributed by atoms with Gasteiger partial charge in [-0.2, -0.15) is 0 Å². The molecule has 0 aromatic rings. The number of methoxy groups -OCH3 is 1. The Labute approximate surface area is 97.6 Å². The van der Waals surface area contributed by atoms with Crippen LogP contribution in [0.2, 0.25) is 0 Å². The van der Waals surface area contributed by atoms with Gasteiger partial charge in [-0.15, -0.1) is 0 Å². The number of hydrogen-bond acceptors (Lipinski definition) is 3. The lowest BCUT2D eigenvalue weighted by atomic mass is 9.96. The molecule has 0 radical (unpaired) electrons. The highest BCUT2D eigenvalue weighted by Gasteiger charge is 2.26. The molecule has 2 atom stereocenters. The van der Waals surface area contributed by atoms with Crippen LogP contribution in [0.3, 0.4) is 0 Å². The molecule has 16 heavy (non-hydrogen) atoms. The van der Waals surface area contributed by atoms with Crippen LogP contribution in [-0.4, -0.2) is 48.3 Å². The van der Waals surface area contributed by atoms with Crippen LogP contribution in [0.4, 0.5) is 0 Å². The van der Waals surface area contributed by atoms with Crippen LogP contribution in [0.25, 0.3) is 0 Å². The van der Waals surface area contributed by atoms with E-state index in [1.54, 1.807) is 7.11 Å². The van der Waals surface area contributed by atoms with Gasteiger partial charge in [0.1, 0.15) is 0 Å². The van der Waals surface area contributed by atoms with Crippen LogP contribution in [-0.2, 0) is 9.53 Å². The lowest BCUT2D eigenvalue weighted by molar-refractivity contribution is -0.137. The minimum atomic E-state index is -0.690. The summed E-state index contributed by atoms with van der Waals surface area (Å²) in [6.07, 6.45) is 4.61. The zero-order chi connectivity index (χ0) is 12.0. The highest BCUT2D eigenvalue weighted by molar-refractivity contribution is 5.66. The van der Waals surface area contributed by atoms with Gasteiger partial charge in [-0.3, -0.25) is 9.69 Å². The number of aliphatic carboxylic acids is 1. The van der Waals surface area contributed by atoms with Crippen molar-refractivity contribution in [2.24, 2.45) is 0 Å². The molecule has 1 rings (SSSR count). The third kappa shape index (κ3) is 4.10. The van der Waals surface area contributed by atoms with Crippen molar-refractivity contribution in [1.29, 1.82) is 0 Å². The summed E-state index contributed by atoms with van der Waals surface area (Å²) in [5.41, 5.74) is 0. The fraction of sp³-hybridized carbons (Fsp3) is 0.917. The summed E-state index contributed by atoms with van der Waals surface area (Å²) in [5, 5.41) is 8.73. The number of likely N-dealkylation sites (tertiary alicyclic amines) is 1. The van der Waals surface area contributed by atoms with Crippen molar-refractivity contribution in [2.75, 3.05) is 20.3 Å². The van der Waals surface area contributed by atoms with Gasteiger partial charge in [-0.25, -0.2) is 0 Å². The quantitative estimate of drug-likeness (QED) is 0.753. The summed E-state index contributed by atoms with van der Waals surface area (Å²) in [5.74, 6) is -0.690. The van der Waals surface area contributed by atoms with Crippen molar-refractivity contribution in [3.63, 3.8) is 0 Å². The molecule has 1 N–H and O–H groups in total. The molecule has 94 valence electrons. The van der Waals surface area contributed by atoms with Crippen molar-refractivity contribution in [3.05, 3.63) is 0 Å². The maximum Gasteiger partial charge on any atom is 0.303 e. The zero-order valence-electron chi connectivity index (χ0n) is 10.3. The van der Waals surface area contributed by atoms with Gasteiger partial charge < -0.3 is 9.84 Å². The Balaban J connectivity index is 2.46. The molecule has 0 saturated carbocycles. The number of piperidine rings is 1. The molecule has 0 bridgehead atoms. The first kappa shape index (κ1) is 13.5. The van der Waals surface area contributed by atoms with Gasteiger partial charge in [0.05, 0.1) is 6.61 Å². The van der Waals surface area contributed by atoms with Crippen molar-refractivity contribution < 1.29 is 14.6 Å². The van der Waals surface area contributed by atoms with Crippen LogP contribution >= 0.6 is 0 Å². The molecule has 2 unspecified atom stereocenters. The van der Waals surface area contributed by atoms with Crippen LogP contribution in [0, 0.1) is 0 Å². The Morgan fingerprint density at radius 3 is 2.94 bits per heavy atom. The van der Waals surface area contributed by atoms with Gasteiger partial charge in [0.25, 0.3) is 0 Å². The maximum absolute atomic E-state index is 10.6. The Hall–Kier alpha value is -0.610. The molecule has 0 aromatic carbocycles. The topological polar surface area (TPSA) is 49.8 Å². The first-order valence-electron chi connectivity index (χ1n) is 6.11. The minimum Gasteiger partial charge on any atom is -0.481 e. The lowest BCUT2D eigenvalue weighted by Gasteiger charge is -2.39. The van der Waals surface area contributed by atoms with E-state index in [2.05, 4.69) is 11.8 Å². The van der Waals surface area contributed by atoms with Crippen LogP contribution in [0.1, 0.15) is 39.0 Å². The van der Waals surface area contributed by atoms with Gasteiger partial charge in [-0.1, -0.05) is 6.42 Å². The summed E-state index contributed by atoms with van der Waals surface area (Å²) >= 11 is 0. The standard InChI is InChI=1S/C12H23NO3/c1-10(9-16-2)13-8-4-3-5-11(13)6-7-12(14)15/h10-11H,3-9H2,1-2H3,(H,14,15). The number of carboxylic acids is 1. The van der Waals surface area contributed by atoms with E-state index in [-0.39, 0.29) is 6.42 Å². The van der Waals surface area contributed by atoms with E-state index >= 15 is 0 Å².